The Labute approximate surface area is 261 Å². The number of aromatic nitrogens is 1. The minimum Gasteiger partial charge on any atom is -0.496 e. The number of nitrogens with two attached hydrogens (primary N) is 1. The van der Waals surface area contributed by atoms with Crippen molar-refractivity contribution < 1.29 is 24.2 Å². The second kappa shape index (κ2) is 17.8. The van der Waals surface area contributed by atoms with Gasteiger partial charge in [-0.25, -0.2) is 4.79 Å². The van der Waals surface area contributed by atoms with E-state index in [0.717, 1.165) is 35.1 Å². The van der Waals surface area contributed by atoms with Crippen molar-refractivity contribution in [3.05, 3.63) is 60.3 Å². The number of methoxy groups -OCH3 is 1. The van der Waals surface area contributed by atoms with Gasteiger partial charge in [0.1, 0.15) is 5.75 Å². The highest BCUT2D eigenvalue weighted by molar-refractivity contribution is 5.89. The fourth-order valence-electron chi connectivity index (χ4n) is 5.10. The zero-order valence-electron chi connectivity index (χ0n) is 26.0. The van der Waals surface area contributed by atoms with E-state index in [0.29, 0.717) is 38.2 Å². The molecule has 0 radical (unpaired) electrons. The first-order chi connectivity index (χ1) is 20.1. The minimum atomic E-state index is -0.820. The molecule has 4 atom stereocenters. The number of ether oxygens (including phenoxy) is 2. The third-order valence-corrected chi connectivity index (χ3v) is 7.88. The van der Waals surface area contributed by atoms with Gasteiger partial charge in [-0.05, 0) is 49.3 Å². The molecule has 0 aliphatic rings. The SMILES string of the molecule is CCCCNC(=O)[C@H](C)C[C@H](O)[C@@H](N)C[C@@H](CNC(=O)Oc1cn(Cc2ccccc2OC)c2ccccc12)C(C)C.Cl. The van der Waals surface area contributed by atoms with Crippen LogP contribution >= 0.6 is 12.4 Å². The number of para-hydroxylation sites is 2. The Morgan fingerprint density at radius 3 is 2.40 bits per heavy atom. The van der Waals surface area contributed by atoms with Gasteiger partial charge in [0.05, 0.1) is 25.3 Å². The lowest BCUT2D eigenvalue weighted by atomic mass is 9.86. The van der Waals surface area contributed by atoms with Gasteiger partial charge in [-0.15, -0.1) is 12.4 Å². The molecule has 0 saturated heterocycles. The van der Waals surface area contributed by atoms with Crippen LogP contribution in [-0.4, -0.2) is 54.0 Å². The first kappa shape index (κ1) is 35.9. The number of hydrogen-bond donors (Lipinski definition) is 4. The normalized spacial score (nSPS) is 14.0. The van der Waals surface area contributed by atoms with Gasteiger partial charge >= 0.3 is 6.09 Å². The summed E-state index contributed by atoms with van der Waals surface area (Å²) in [6, 6.07) is 15.1. The Kier molecular flexibility index (Phi) is 14.8. The second-order valence-electron chi connectivity index (χ2n) is 11.5. The molecule has 3 aromatic rings. The molecule has 10 heteroatoms. The summed E-state index contributed by atoms with van der Waals surface area (Å²) in [6.45, 7) is 9.55. The summed E-state index contributed by atoms with van der Waals surface area (Å²) in [4.78, 5) is 25.2. The number of carbonyl (C=O) groups is 2. The van der Waals surface area contributed by atoms with E-state index in [2.05, 4.69) is 31.4 Å². The summed E-state index contributed by atoms with van der Waals surface area (Å²) in [5, 5.41) is 17.4. The number of rotatable bonds is 16. The lowest BCUT2D eigenvalue weighted by Crippen LogP contribution is -2.43. The number of hydrogen-bond acceptors (Lipinski definition) is 6. The van der Waals surface area contributed by atoms with E-state index in [1.54, 1.807) is 7.11 Å². The number of carbonyl (C=O) groups excluding carboxylic acids is 2. The monoisotopic (exact) mass is 616 g/mol. The third kappa shape index (κ3) is 10.4. The second-order valence-corrected chi connectivity index (χ2v) is 11.5. The van der Waals surface area contributed by atoms with Crippen LogP contribution in [0, 0.1) is 17.8 Å². The van der Waals surface area contributed by atoms with Gasteiger partial charge in [-0.1, -0.05) is 64.4 Å². The molecule has 0 unspecified atom stereocenters. The van der Waals surface area contributed by atoms with Crippen LogP contribution in [0.2, 0.25) is 0 Å². The van der Waals surface area contributed by atoms with Crippen molar-refractivity contribution in [2.45, 2.75) is 72.1 Å². The van der Waals surface area contributed by atoms with Crippen molar-refractivity contribution in [2.75, 3.05) is 20.2 Å². The van der Waals surface area contributed by atoms with E-state index >= 15 is 0 Å². The molecular weight excluding hydrogens is 568 g/mol. The van der Waals surface area contributed by atoms with Crippen molar-refractivity contribution in [3.8, 4) is 11.5 Å². The molecule has 0 fully saturated rings. The molecule has 0 bridgehead atoms. The molecule has 0 aliphatic carbocycles. The number of benzene rings is 2. The molecule has 2 aromatic carbocycles. The molecule has 0 saturated carbocycles. The van der Waals surface area contributed by atoms with E-state index < -0.39 is 18.2 Å². The first-order valence-corrected chi connectivity index (χ1v) is 15.0. The number of aliphatic hydroxyl groups is 1. The summed E-state index contributed by atoms with van der Waals surface area (Å²) < 4.78 is 13.3. The molecule has 43 heavy (non-hydrogen) atoms. The number of aliphatic hydroxyl groups excluding tert-OH is 1. The smallest absolute Gasteiger partial charge is 0.412 e. The highest BCUT2D eigenvalue weighted by Gasteiger charge is 2.26. The van der Waals surface area contributed by atoms with Gasteiger partial charge in [0, 0.05) is 42.2 Å². The maximum absolute atomic E-state index is 12.9. The summed E-state index contributed by atoms with van der Waals surface area (Å²) in [7, 11) is 1.65. The van der Waals surface area contributed by atoms with Gasteiger partial charge in [-0.3, -0.25) is 4.79 Å². The number of unbranched alkanes of at least 4 members (excludes halogenated alkanes) is 1. The van der Waals surface area contributed by atoms with Gasteiger partial charge in [0.25, 0.3) is 0 Å². The molecule has 238 valence electrons. The largest absolute Gasteiger partial charge is 0.496 e. The predicted molar refractivity (Wildman–Crippen MR) is 174 cm³/mol. The van der Waals surface area contributed by atoms with Gasteiger partial charge in [-0.2, -0.15) is 0 Å². The highest BCUT2D eigenvalue weighted by atomic mass is 35.5. The summed E-state index contributed by atoms with van der Waals surface area (Å²) in [5.74, 6) is 1.09. The van der Waals surface area contributed by atoms with E-state index in [4.69, 9.17) is 15.2 Å². The average Bonchev–Trinajstić information content (AvgIpc) is 3.31. The Balaban J connectivity index is 0.00000645. The number of nitrogens with zero attached hydrogens (tertiary/aromatic N) is 1. The van der Waals surface area contributed by atoms with Crippen molar-refractivity contribution in [3.63, 3.8) is 0 Å². The molecule has 1 heterocycles. The van der Waals surface area contributed by atoms with Gasteiger partial charge in [0.2, 0.25) is 5.91 Å². The van der Waals surface area contributed by atoms with Crippen molar-refractivity contribution in [1.29, 1.82) is 0 Å². The van der Waals surface area contributed by atoms with E-state index in [-0.39, 0.29) is 36.1 Å². The molecule has 0 aliphatic heterocycles. The van der Waals surface area contributed by atoms with E-state index in [9.17, 15) is 14.7 Å². The summed E-state index contributed by atoms with van der Waals surface area (Å²) >= 11 is 0. The molecular formula is C33H49ClN4O5. The van der Waals surface area contributed by atoms with Gasteiger partial charge < -0.3 is 35.5 Å². The maximum Gasteiger partial charge on any atom is 0.412 e. The number of nitrogens with one attached hydrogen (secondary N) is 2. The molecule has 3 rings (SSSR count). The van der Waals surface area contributed by atoms with Crippen LogP contribution in [0.15, 0.2) is 54.7 Å². The topological polar surface area (TPSA) is 128 Å². The molecule has 0 spiro atoms. The van der Waals surface area contributed by atoms with Crippen LogP contribution in [0.3, 0.4) is 0 Å². The lowest BCUT2D eigenvalue weighted by molar-refractivity contribution is -0.125. The fourth-order valence-corrected chi connectivity index (χ4v) is 5.10. The van der Waals surface area contributed by atoms with Crippen LogP contribution in [0.5, 0.6) is 11.5 Å². The maximum atomic E-state index is 12.9. The quantitative estimate of drug-likeness (QED) is 0.157. The summed E-state index contributed by atoms with van der Waals surface area (Å²) in [6.07, 6.45) is 3.19. The Bertz CT molecular complexity index is 1300. The van der Waals surface area contributed by atoms with Crippen LogP contribution in [0.4, 0.5) is 4.79 Å². The summed E-state index contributed by atoms with van der Waals surface area (Å²) in [5.41, 5.74) is 8.33. The van der Waals surface area contributed by atoms with Crippen molar-refractivity contribution >= 4 is 35.3 Å². The Morgan fingerprint density at radius 2 is 1.70 bits per heavy atom. The van der Waals surface area contributed by atoms with Gasteiger partial charge in [0.15, 0.2) is 5.75 Å². The van der Waals surface area contributed by atoms with Crippen LogP contribution in [0.1, 0.15) is 58.9 Å². The zero-order valence-corrected chi connectivity index (χ0v) is 26.9. The van der Waals surface area contributed by atoms with Crippen molar-refractivity contribution in [2.24, 2.45) is 23.5 Å². The van der Waals surface area contributed by atoms with Crippen molar-refractivity contribution in [1.82, 2.24) is 15.2 Å². The van der Waals surface area contributed by atoms with Crippen LogP contribution in [0.25, 0.3) is 10.9 Å². The fraction of sp³-hybridized carbons (Fsp3) is 0.515. The number of amides is 2. The van der Waals surface area contributed by atoms with E-state index in [1.165, 1.54) is 0 Å². The number of halogens is 1. The molecule has 1 aromatic heterocycles. The average molecular weight is 617 g/mol. The molecule has 9 nitrogen and oxygen atoms in total. The molecule has 5 N–H and O–H groups in total. The zero-order chi connectivity index (χ0) is 30.6. The Morgan fingerprint density at radius 1 is 1.00 bits per heavy atom. The highest BCUT2D eigenvalue weighted by Crippen LogP contribution is 2.30. The first-order valence-electron chi connectivity index (χ1n) is 15.0. The standard InChI is InChI=1S/C33H48N4O5.ClH/c1-6-7-16-35-32(39)23(4)17-29(38)27(34)18-25(22(2)3)19-36-33(40)42-31-21-37(28-14-10-9-13-26(28)31)20-24-12-8-11-15-30(24)41-5;/h8-15,21-23,25,27,29,38H,6-7,16-20,34H2,1-5H3,(H,35,39)(H,36,40);1H/t23-,25+,27+,29+;/m1./s1. The van der Waals surface area contributed by atoms with E-state index in [1.807, 2.05) is 66.2 Å². The number of fused-ring (bicyclic) bond motifs is 1. The lowest BCUT2D eigenvalue weighted by Gasteiger charge is -2.28. The third-order valence-electron chi connectivity index (χ3n) is 7.88. The Hall–Kier alpha value is -3.27. The predicted octanol–water partition coefficient (Wildman–Crippen LogP) is 5.50. The minimum absolute atomic E-state index is 0. The van der Waals surface area contributed by atoms with Crippen LogP contribution in [-0.2, 0) is 11.3 Å². The van der Waals surface area contributed by atoms with Crippen LogP contribution < -0.4 is 25.8 Å². The molecule has 2 amide bonds.